The Morgan fingerprint density at radius 3 is 2.32 bits per heavy atom. The van der Waals surface area contributed by atoms with Crippen LogP contribution in [0.2, 0.25) is 0 Å². The number of alkyl halides is 2. The molecule has 1 heterocycles. The summed E-state index contributed by atoms with van der Waals surface area (Å²) in [6.45, 7) is 8.09. The van der Waals surface area contributed by atoms with Crippen molar-refractivity contribution in [3.05, 3.63) is 30.2 Å². The van der Waals surface area contributed by atoms with E-state index in [4.69, 9.17) is 4.52 Å². The Morgan fingerprint density at radius 2 is 1.72 bits per heavy atom. The molecule has 0 amide bonds. The third-order valence-corrected chi connectivity index (χ3v) is 3.42. The molecule has 0 aliphatic heterocycles. The normalized spacial score (nSPS) is 11.9. The lowest BCUT2D eigenvalue weighted by Gasteiger charge is -2.24. The van der Waals surface area contributed by atoms with Crippen LogP contribution < -0.4 is 4.74 Å². The van der Waals surface area contributed by atoms with Crippen LogP contribution in [-0.4, -0.2) is 34.7 Å². The minimum atomic E-state index is -2.90. The van der Waals surface area contributed by atoms with Crippen LogP contribution in [0.4, 0.5) is 8.78 Å². The second-order valence-electron chi connectivity index (χ2n) is 6.87. The number of para-hydroxylation sites is 1. The highest BCUT2D eigenvalue weighted by molar-refractivity contribution is 5.63. The van der Waals surface area contributed by atoms with E-state index in [9.17, 15) is 8.78 Å². The van der Waals surface area contributed by atoms with Gasteiger partial charge in [0.2, 0.25) is 11.7 Å². The Bertz CT molecular complexity index is 649. The van der Waals surface area contributed by atoms with Crippen molar-refractivity contribution in [2.75, 3.05) is 13.1 Å². The Labute approximate surface area is 147 Å². The van der Waals surface area contributed by atoms with Crippen molar-refractivity contribution >= 4 is 0 Å². The highest BCUT2D eigenvalue weighted by Gasteiger charge is 2.18. The van der Waals surface area contributed by atoms with E-state index in [0.29, 0.717) is 29.8 Å². The van der Waals surface area contributed by atoms with E-state index in [0.717, 1.165) is 13.1 Å². The van der Waals surface area contributed by atoms with Gasteiger partial charge in [0.05, 0.1) is 12.1 Å². The Hall–Kier alpha value is -2.02. The van der Waals surface area contributed by atoms with Crippen molar-refractivity contribution in [1.82, 2.24) is 15.0 Å². The topological polar surface area (TPSA) is 51.4 Å². The van der Waals surface area contributed by atoms with E-state index in [1.165, 1.54) is 6.07 Å². The van der Waals surface area contributed by atoms with Gasteiger partial charge in [0.25, 0.3) is 0 Å². The number of aromatic nitrogens is 2. The van der Waals surface area contributed by atoms with E-state index >= 15 is 0 Å². The van der Waals surface area contributed by atoms with Crippen molar-refractivity contribution in [3.63, 3.8) is 0 Å². The molecule has 0 saturated heterocycles. The van der Waals surface area contributed by atoms with Gasteiger partial charge in [-0.3, -0.25) is 4.90 Å². The van der Waals surface area contributed by atoms with E-state index in [1.54, 1.807) is 18.2 Å². The van der Waals surface area contributed by atoms with Crippen LogP contribution in [-0.2, 0) is 6.54 Å². The van der Waals surface area contributed by atoms with Gasteiger partial charge in [-0.15, -0.1) is 0 Å². The van der Waals surface area contributed by atoms with Crippen LogP contribution in [0.3, 0.4) is 0 Å². The van der Waals surface area contributed by atoms with Gasteiger partial charge >= 0.3 is 6.61 Å². The first-order chi connectivity index (χ1) is 11.8. The van der Waals surface area contributed by atoms with Gasteiger partial charge in [0, 0.05) is 13.1 Å². The quantitative estimate of drug-likeness (QED) is 0.666. The number of nitrogens with zero attached hydrogens (tertiary/aromatic N) is 3. The molecule has 0 bridgehead atoms. The summed E-state index contributed by atoms with van der Waals surface area (Å²) in [6, 6.07) is 6.43. The van der Waals surface area contributed by atoms with Gasteiger partial charge in [-0.1, -0.05) is 45.0 Å². The summed E-state index contributed by atoms with van der Waals surface area (Å²) < 4.78 is 34.9. The number of benzene rings is 1. The fourth-order valence-electron chi connectivity index (χ4n) is 2.71. The zero-order valence-corrected chi connectivity index (χ0v) is 15.1. The first kappa shape index (κ1) is 19.3. The molecule has 0 spiro atoms. The fourth-order valence-corrected chi connectivity index (χ4v) is 2.71. The van der Waals surface area contributed by atoms with E-state index in [2.05, 4.69) is 47.5 Å². The highest BCUT2D eigenvalue weighted by atomic mass is 19.3. The molecular weight excluding hydrogens is 328 g/mol. The summed E-state index contributed by atoms with van der Waals surface area (Å²) in [5, 5.41) is 3.93. The summed E-state index contributed by atoms with van der Waals surface area (Å²) >= 11 is 0. The zero-order chi connectivity index (χ0) is 18.4. The predicted octanol–water partition coefficient (Wildman–Crippen LogP) is 4.45. The molecule has 25 heavy (non-hydrogen) atoms. The summed E-state index contributed by atoms with van der Waals surface area (Å²) in [7, 11) is 0. The largest absolute Gasteiger partial charge is 0.434 e. The summed E-state index contributed by atoms with van der Waals surface area (Å²) in [4.78, 5) is 6.62. The second-order valence-corrected chi connectivity index (χ2v) is 6.87. The molecule has 7 heteroatoms. The maximum atomic E-state index is 12.5. The number of rotatable bonds is 9. The third-order valence-electron chi connectivity index (χ3n) is 3.42. The van der Waals surface area contributed by atoms with Gasteiger partial charge in [-0.05, 0) is 24.0 Å². The Balaban J connectivity index is 2.16. The molecule has 0 aliphatic rings. The van der Waals surface area contributed by atoms with Gasteiger partial charge in [-0.25, -0.2) is 0 Å². The summed E-state index contributed by atoms with van der Waals surface area (Å²) in [6.07, 6.45) is 0. The summed E-state index contributed by atoms with van der Waals surface area (Å²) in [5.74, 6) is 1.78. The smallest absolute Gasteiger partial charge is 0.387 e. The molecule has 0 fully saturated rings. The molecule has 2 rings (SSSR count). The zero-order valence-electron chi connectivity index (χ0n) is 15.1. The van der Waals surface area contributed by atoms with Gasteiger partial charge in [-0.2, -0.15) is 13.8 Å². The average Bonchev–Trinajstić information content (AvgIpc) is 2.94. The van der Waals surface area contributed by atoms with Crippen molar-refractivity contribution in [1.29, 1.82) is 0 Å². The molecule has 0 saturated carbocycles. The second kappa shape index (κ2) is 8.89. The Morgan fingerprint density at radius 1 is 1.08 bits per heavy atom. The molecule has 2 aromatic rings. The monoisotopic (exact) mass is 353 g/mol. The fraction of sp³-hybridized carbons (Fsp3) is 0.556. The van der Waals surface area contributed by atoms with E-state index < -0.39 is 6.61 Å². The van der Waals surface area contributed by atoms with Crippen LogP contribution in [0.1, 0.15) is 33.6 Å². The molecule has 0 atom stereocenters. The first-order valence-electron chi connectivity index (χ1n) is 8.44. The molecule has 0 unspecified atom stereocenters. The maximum absolute atomic E-state index is 12.5. The average molecular weight is 353 g/mol. The molecular formula is C18H25F2N3O2. The minimum Gasteiger partial charge on any atom is -0.434 e. The summed E-state index contributed by atoms with van der Waals surface area (Å²) in [5.41, 5.74) is 0.386. The molecule has 0 radical (unpaired) electrons. The van der Waals surface area contributed by atoms with E-state index in [1.807, 2.05) is 0 Å². The number of ether oxygens (including phenoxy) is 1. The van der Waals surface area contributed by atoms with Gasteiger partial charge in [0.15, 0.2) is 0 Å². The number of hydrogen-bond acceptors (Lipinski definition) is 5. The van der Waals surface area contributed by atoms with Crippen LogP contribution in [0.25, 0.3) is 11.4 Å². The standard InChI is InChI=1S/C18H25F2N3O2/c1-12(2)9-23(10-13(3)4)11-16-21-17(22-25-16)14-7-5-6-8-15(14)24-18(19)20/h5-8,12-13,18H,9-11H2,1-4H3. The first-order valence-corrected chi connectivity index (χ1v) is 8.44. The van der Waals surface area contributed by atoms with Crippen LogP contribution in [0, 0.1) is 11.8 Å². The molecule has 5 nitrogen and oxygen atoms in total. The lowest BCUT2D eigenvalue weighted by Crippen LogP contribution is -2.31. The van der Waals surface area contributed by atoms with Gasteiger partial charge < -0.3 is 9.26 Å². The lowest BCUT2D eigenvalue weighted by molar-refractivity contribution is -0.0494. The molecule has 0 N–H and O–H groups in total. The number of halogens is 2. The molecule has 0 aliphatic carbocycles. The maximum Gasteiger partial charge on any atom is 0.387 e. The lowest BCUT2D eigenvalue weighted by atomic mass is 10.1. The number of hydrogen-bond donors (Lipinski definition) is 0. The van der Waals surface area contributed by atoms with Crippen molar-refractivity contribution in [2.45, 2.75) is 40.9 Å². The predicted molar refractivity (Wildman–Crippen MR) is 91.3 cm³/mol. The highest BCUT2D eigenvalue weighted by Crippen LogP contribution is 2.29. The molecule has 1 aromatic carbocycles. The van der Waals surface area contributed by atoms with Gasteiger partial charge in [0.1, 0.15) is 5.75 Å². The van der Waals surface area contributed by atoms with Crippen molar-refractivity contribution < 1.29 is 18.0 Å². The van der Waals surface area contributed by atoms with E-state index in [-0.39, 0.29) is 11.6 Å². The third kappa shape index (κ3) is 6.08. The van der Waals surface area contributed by atoms with Crippen LogP contribution in [0.15, 0.2) is 28.8 Å². The van der Waals surface area contributed by atoms with Crippen LogP contribution >= 0.6 is 0 Å². The Kier molecular flexibility index (Phi) is 6.87. The minimum absolute atomic E-state index is 0.0334. The molecule has 1 aromatic heterocycles. The van der Waals surface area contributed by atoms with Crippen molar-refractivity contribution in [3.8, 4) is 17.1 Å². The van der Waals surface area contributed by atoms with Crippen molar-refractivity contribution in [2.24, 2.45) is 11.8 Å². The SMILES string of the molecule is CC(C)CN(Cc1nc(-c2ccccc2OC(F)F)no1)CC(C)C. The molecule has 138 valence electrons. The van der Waals surface area contributed by atoms with Crippen LogP contribution in [0.5, 0.6) is 5.75 Å².